The Balaban J connectivity index is 1.59. The third kappa shape index (κ3) is 4.83. The molecule has 1 aliphatic heterocycles. The maximum absolute atomic E-state index is 12.2. The minimum absolute atomic E-state index is 0.147. The van der Waals surface area contributed by atoms with Crippen LogP contribution in [0, 0.1) is 0 Å². The van der Waals surface area contributed by atoms with Gasteiger partial charge in [-0.2, -0.15) is 0 Å². The van der Waals surface area contributed by atoms with Gasteiger partial charge < -0.3 is 24.3 Å². The van der Waals surface area contributed by atoms with Crippen LogP contribution in [-0.2, 0) is 9.53 Å². The highest BCUT2D eigenvalue weighted by molar-refractivity contribution is 6.31. The molecule has 0 aliphatic carbocycles. The average molecular weight is 392 g/mol. The molecule has 1 N–H and O–H groups in total. The van der Waals surface area contributed by atoms with Gasteiger partial charge in [0.15, 0.2) is 18.1 Å². The zero-order valence-corrected chi connectivity index (χ0v) is 15.4. The Morgan fingerprint density at radius 2 is 1.89 bits per heavy atom. The zero-order chi connectivity index (χ0) is 19.2. The van der Waals surface area contributed by atoms with Gasteiger partial charge in [-0.15, -0.1) is 0 Å². The van der Waals surface area contributed by atoms with Crippen molar-refractivity contribution in [3.8, 4) is 17.2 Å². The number of methoxy groups -OCH3 is 1. The normalized spacial score (nSPS) is 12.7. The fraction of sp³-hybridized carbons (Fsp3) is 0.263. The molecule has 0 saturated carbocycles. The minimum atomic E-state index is -0.705. The van der Waals surface area contributed by atoms with Crippen LogP contribution >= 0.6 is 11.6 Å². The standard InChI is InChI=1S/C19H18ClNO6/c1-24-15-5-3-12(20)9-14(15)19(23)27-11-18(22)21-13-4-6-16-17(10-13)26-8-2-7-25-16/h3-6,9-10H,2,7-8,11H2,1H3,(H,21,22). The van der Waals surface area contributed by atoms with E-state index in [9.17, 15) is 9.59 Å². The zero-order valence-electron chi connectivity index (χ0n) is 14.6. The first-order valence-electron chi connectivity index (χ1n) is 8.27. The SMILES string of the molecule is COc1ccc(Cl)cc1C(=O)OCC(=O)Nc1ccc2c(c1)OCCCO2. The molecule has 0 aromatic heterocycles. The van der Waals surface area contributed by atoms with E-state index in [0.717, 1.165) is 6.42 Å². The molecule has 7 nitrogen and oxygen atoms in total. The van der Waals surface area contributed by atoms with E-state index >= 15 is 0 Å². The molecule has 0 bridgehead atoms. The summed E-state index contributed by atoms with van der Waals surface area (Å²) < 4.78 is 21.3. The number of amides is 1. The second-order valence-corrected chi connectivity index (χ2v) is 6.12. The van der Waals surface area contributed by atoms with Crippen LogP contribution in [0.25, 0.3) is 0 Å². The van der Waals surface area contributed by atoms with E-state index in [-0.39, 0.29) is 5.56 Å². The lowest BCUT2D eigenvalue weighted by Gasteiger charge is -2.11. The molecule has 3 rings (SSSR count). The van der Waals surface area contributed by atoms with Gasteiger partial charge in [0.25, 0.3) is 5.91 Å². The van der Waals surface area contributed by atoms with Gasteiger partial charge >= 0.3 is 5.97 Å². The number of carbonyl (C=O) groups excluding carboxylic acids is 2. The second kappa shape index (κ2) is 8.64. The summed E-state index contributed by atoms with van der Waals surface area (Å²) >= 11 is 5.89. The van der Waals surface area contributed by atoms with E-state index in [1.165, 1.54) is 13.2 Å². The Labute approximate surface area is 161 Å². The molecular formula is C19H18ClNO6. The smallest absolute Gasteiger partial charge is 0.342 e. The Bertz CT molecular complexity index is 854. The lowest BCUT2D eigenvalue weighted by molar-refractivity contribution is -0.119. The van der Waals surface area contributed by atoms with Gasteiger partial charge in [-0.1, -0.05) is 11.6 Å². The summed E-state index contributed by atoms with van der Waals surface area (Å²) in [5.74, 6) is 0.311. The summed E-state index contributed by atoms with van der Waals surface area (Å²) in [6.07, 6.45) is 0.791. The van der Waals surface area contributed by atoms with Crippen molar-refractivity contribution >= 4 is 29.2 Å². The summed E-state index contributed by atoms with van der Waals surface area (Å²) in [6.45, 7) is 0.675. The number of fused-ring (bicyclic) bond motifs is 1. The van der Waals surface area contributed by atoms with Crippen molar-refractivity contribution in [3.63, 3.8) is 0 Å². The topological polar surface area (TPSA) is 83.1 Å². The van der Waals surface area contributed by atoms with Crippen LogP contribution in [0.1, 0.15) is 16.8 Å². The molecule has 1 amide bonds. The van der Waals surface area contributed by atoms with Crippen LogP contribution in [0.2, 0.25) is 5.02 Å². The number of nitrogens with one attached hydrogen (secondary N) is 1. The number of rotatable bonds is 5. The average Bonchev–Trinajstić information content (AvgIpc) is 2.91. The van der Waals surface area contributed by atoms with Crippen LogP contribution < -0.4 is 19.5 Å². The Morgan fingerprint density at radius 3 is 2.67 bits per heavy atom. The van der Waals surface area contributed by atoms with E-state index in [0.29, 0.717) is 41.2 Å². The number of esters is 1. The maximum atomic E-state index is 12.2. The number of halogens is 1. The lowest BCUT2D eigenvalue weighted by Crippen LogP contribution is -2.21. The molecule has 2 aromatic rings. The van der Waals surface area contributed by atoms with Crippen molar-refractivity contribution in [1.29, 1.82) is 0 Å². The summed E-state index contributed by atoms with van der Waals surface area (Å²) in [5, 5.41) is 3.01. The van der Waals surface area contributed by atoms with Gasteiger partial charge in [-0.25, -0.2) is 4.79 Å². The Hall–Kier alpha value is -2.93. The maximum Gasteiger partial charge on any atom is 0.342 e. The molecule has 0 unspecified atom stereocenters. The van der Waals surface area contributed by atoms with Crippen molar-refractivity contribution in [3.05, 3.63) is 47.0 Å². The first kappa shape index (κ1) is 18.8. The fourth-order valence-corrected chi connectivity index (χ4v) is 2.66. The van der Waals surface area contributed by atoms with Crippen molar-refractivity contribution in [2.24, 2.45) is 0 Å². The predicted molar refractivity (Wildman–Crippen MR) is 99.0 cm³/mol. The molecule has 142 valence electrons. The fourth-order valence-electron chi connectivity index (χ4n) is 2.49. The second-order valence-electron chi connectivity index (χ2n) is 5.68. The molecular weight excluding hydrogens is 374 g/mol. The van der Waals surface area contributed by atoms with E-state index in [1.54, 1.807) is 30.3 Å². The molecule has 0 atom stereocenters. The van der Waals surface area contributed by atoms with Crippen LogP contribution in [-0.4, -0.2) is 38.8 Å². The van der Waals surface area contributed by atoms with Crippen molar-refractivity contribution < 1.29 is 28.5 Å². The Kier molecular flexibility index (Phi) is 6.03. The van der Waals surface area contributed by atoms with Crippen LogP contribution in [0.4, 0.5) is 5.69 Å². The first-order chi connectivity index (χ1) is 13.1. The van der Waals surface area contributed by atoms with Gasteiger partial charge in [0.05, 0.1) is 20.3 Å². The van der Waals surface area contributed by atoms with Gasteiger partial charge in [0.1, 0.15) is 11.3 Å². The molecule has 0 saturated heterocycles. The third-order valence-corrected chi connectivity index (χ3v) is 3.98. The number of anilines is 1. The predicted octanol–water partition coefficient (Wildman–Crippen LogP) is 3.31. The van der Waals surface area contributed by atoms with Crippen LogP contribution in [0.15, 0.2) is 36.4 Å². The number of hydrogen-bond donors (Lipinski definition) is 1. The van der Waals surface area contributed by atoms with Crippen molar-refractivity contribution in [2.45, 2.75) is 6.42 Å². The highest BCUT2D eigenvalue weighted by Crippen LogP contribution is 2.32. The number of ether oxygens (including phenoxy) is 4. The molecule has 8 heteroatoms. The Morgan fingerprint density at radius 1 is 1.11 bits per heavy atom. The monoisotopic (exact) mass is 391 g/mol. The first-order valence-corrected chi connectivity index (χ1v) is 8.65. The molecule has 0 fully saturated rings. The lowest BCUT2D eigenvalue weighted by atomic mass is 10.2. The molecule has 0 spiro atoms. The van der Waals surface area contributed by atoms with Gasteiger partial charge in [0, 0.05) is 23.2 Å². The van der Waals surface area contributed by atoms with Gasteiger partial charge in [-0.05, 0) is 30.3 Å². The number of hydrogen-bond acceptors (Lipinski definition) is 6. The number of benzene rings is 2. The van der Waals surface area contributed by atoms with Gasteiger partial charge in [-0.3, -0.25) is 4.79 Å². The van der Waals surface area contributed by atoms with Crippen LogP contribution in [0.3, 0.4) is 0 Å². The van der Waals surface area contributed by atoms with E-state index in [4.69, 9.17) is 30.5 Å². The number of carbonyl (C=O) groups is 2. The highest BCUT2D eigenvalue weighted by atomic mass is 35.5. The molecule has 27 heavy (non-hydrogen) atoms. The summed E-state index contributed by atoms with van der Waals surface area (Å²) in [5.41, 5.74) is 0.661. The molecule has 1 heterocycles. The van der Waals surface area contributed by atoms with E-state index in [1.807, 2.05) is 0 Å². The van der Waals surface area contributed by atoms with E-state index < -0.39 is 18.5 Å². The molecule has 2 aromatic carbocycles. The van der Waals surface area contributed by atoms with Gasteiger partial charge in [0.2, 0.25) is 0 Å². The van der Waals surface area contributed by atoms with Crippen molar-refractivity contribution in [2.75, 3.05) is 32.2 Å². The quantitative estimate of drug-likeness (QED) is 0.787. The van der Waals surface area contributed by atoms with Crippen molar-refractivity contribution in [1.82, 2.24) is 0 Å². The molecule has 0 radical (unpaired) electrons. The van der Waals surface area contributed by atoms with Crippen LogP contribution in [0.5, 0.6) is 17.2 Å². The summed E-state index contributed by atoms with van der Waals surface area (Å²) in [4.78, 5) is 24.3. The largest absolute Gasteiger partial charge is 0.496 e. The third-order valence-electron chi connectivity index (χ3n) is 3.75. The molecule has 1 aliphatic rings. The minimum Gasteiger partial charge on any atom is -0.496 e. The summed E-state index contributed by atoms with van der Waals surface area (Å²) in [7, 11) is 1.43. The van der Waals surface area contributed by atoms with E-state index in [2.05, 4.69) is 5.32 Å². The summed E-state index contributed by atoms with van der Waals surface area (Å²) in [6, 6.07) is 9.64. The highest BCUT2D eigenvalue weighted by Gasteiger charge is 2.17.